The molecule has 0 radical (unpaired) electrons. The number of fused-ring (bicyclic) bond motifs is 2. The van der Waals surface area contributed by atoms with Crippen molar-refractivity contribution in [3.8, 4) is 0 Å². The second-order valence-corrected chi connectivity index (χ2v) is 7.70. The van der Waals surface area contributed by atoms with Gasteiger partial charge in [-0.05, 0) is 53.4 Å². The van der Waals surface area contributed by atoms with Crippen molar-refractivity contribution in [1.29, 1.82) is 0 Å². The first-order chi connectivity index (χ1) is 14.0. The van der Waals surface area contributed by atoms with E-state index in [0.717, 1.165) is 22.4 Å². The third-order valence-electron chi connectivity index (χ3n) is 6.03. The molecule has 1 saturated carbocycles. The van der Waals surface area contributed by atoms with Crippen LogP contribution in [0.3, 0.4) is 0 Å². The fraction of sp³-hybridized carbons (Fsp3) is 0.167. The summed E-state index contributed by atoms with van der Waals surface area (Å²) < 4.78 is 13.7. The van der Waals surface area contributed by atoms with Gasteiger partial charge >= 0.3 is 5.97 Å². The van der Waals surface area contributed by atoms with Crippen molar-refractivity contribution in [2.24, 2.45) is 0 Å². The zero-order valence-electron chi connectivity index (χ0n) is 15.5. The van der Waals surface area contributed by atoms with Crippen LogP contribution in [0.15, 0.2) is 72.8 Å². The summed E-state index contributed by atoms with van der Waals surface area (Å²) in [5.41, 5.74) is 2.94. The van der Waals surface area contributed by atoms with E-state index in [2.05, 4.69) is 0 Å². The summed E-state index contributed by atoms with van der Waals surface area (Å²) in [5.74, 6) is -1.36. The number of rotatable bonds is 4. The number of anilines is 1. The Balaban J connectivity index is 1.52. The normalized spacial score (nSPS) is 22.0. The average molecular weight is 387 g/mol. The highest BCUT2D eigenvalue weighted by atomic mass is 19.1. The number of carbonyl (C=O) groups excluding carboxylic acids is 1. The maximum atomic E-state index is 13.7. The monoisotopic (exact) mass is 387 g/mol. The van der Waals surface area contributed by atoms with Crippen molar-refractivity contribution in [2.75, 3.05) is 4.90 Å². The maximum absolute atomic E-state index is 13.7. The Labute approximate surface area is 167 Å². The lowest BCUT2D eigenvalue weighted by molar-refractivity contribution is -0.120. The number of carboxylic acids is 1. The van der Waals surface area contributed by atoms with E-state index < -0.39 is 11.4 Å². The van der Waals surface area contributed by atoms with Gasteiger partial charge in [-0.25, -0.2) is 9.18 Å². The SMILES string of the molecule is O=C(O)c1cccc(CN2C(=O)[C@@]3(C[C@H]3c3cccc(F)c3)c3ccccc32)c1. The number of aromatic carboxylic acids is 1. The van der Waals surface area contributed by atoms with E-state index >= 15 is 0 Å². The van der Waals surface area contributed by atoms with E-state index in [4.69, 9.17) is 0 Å². The zero-order valence-corrected chi connectivity index (χ0v) is 15.5. The van der Waals surface area contributed by atoms with Crippen LogP contribution in [-0.2, 0) is 16.8 Å². The first-order valence-electron chi connectivity index (χ1n) is 9.50. The van der Waals surface area contributed by atoms with Gasteiger partial charge in [0.15, 0.2) is 0 Å². The Morgan fingerprint density at radius 2 is 1.86 bits per heavy atom. The minimum atomic E-state index is -0.996. The number of hydrogen-bond acceptors (Lipinski definition) is 2. The number of carboxylic acid groups (broad SMARTS) is 1. The Bertz CT molecular complexity index is 1160. The Kier molecular flexibility index (Phi) is 3.81. The van der Waals surface area contributed by atoms with Gasteiger partial charge < -0.3 is 10.0 Å². The number of carbonyl (C=O) groups is 2. The molecule has 2 aliphatic rings. The summed E-state index contributed by atoms with van der Waals surface area (Å²) in [6.07, 6.45) is 0.651. The van der Waals surface area contributed by atoms with Gasteiger partial charge in [-0.1, -0.05) is 42.5 Å². The van der Waals surface area contributed by atoms with E-state index in [0.29, 0.717) is 13.0 Å². The largest absolute Gasteiger partial charge is 0.478 e. The summed E-state index contributed by atoms with van der Waals surface area (Å²) in [5, 5.41) is 9.24. The van der Waals surface area contributed by atoms with Crippen LogP contribution in [0.2, 0.25) is 0 Å². The molecule has 2 atom stereocenters. The smallest absolute Gasteiger partial charge is 0.335 e. The minimum Gasteiger partial charge on any atom is -0.478 e. The van der Waals surface area contributed by atoms with Crippen molar-refractivity contribution in [3.05, 3.63) is 101 Å². The van der Waals surface area contributed by atoms with Crippen LogP contribution in [0, 0.1) is 5.82 Å². The molecule has 1 amide bonds. The number of para-hydroxylation sites is 1. The lowest BCUT2D eigenvalue weighted by atomic mass is 9.92. The van der Waals surface area contributed by atoms with Crippen molar-refractivity contribution in [2.45, 2.75) is 24.3 Å². The van der Waals surface area contributed by atoms with Crippen LogP contribution in [0.4, 0.5) is 10.1 Å². The molecule has 1 heterocycles. The molecule has 1 aliphatic carbocycles. The van der Waals surface area contributed by atoms with E-state index in [1.807, 2.05) is 36.4 Å². The van der Waals surface area contributed by atoms with Crippen LogP contribution in [0.25, 0.3) is 0 Å². The van der Waals surface area contributed by atoms with Crippen molar-refractivity contribution >= 4 is 17.6 Å². The molecule has 0 unspecified atom stereocenters. The number of amides is 1. The first kappa shape index (κ1) is 17.6. The third-order valence-corrected chi connectivity index (χ3v) is 6.03. The lowest BCUT2D eigenvalue weighted by Gasteiger charge is -2.19. The van der Waals surface area contributed by atoms with Gasteiger partial charge in [-0.2, -0.15) is 0 Å². The van der Waals surface area contributed by atoms with Gasteiger partial charge in [-0.15, -0.1) is 0 Å². The average Bonchev–Trinajstić information content (AvgIpc) is 3.44. The molecule has 3 aromatic carbocycles. The molecule has 4 nitrogen and oxygen atoms in total. The molecule has 3 aromatic rings. The molecular formula is C24H18FNO3. The van der Waals surface area contributed by atoms with Crippen LogP contribution in [-0.4, -0.2) is 17.0 Å². The van der Waals surface area contributed by atoms with E-state index in [1.165, 1.54) is 18.2 Å². The summed E-state index contributed by atoms with van der Waals surface area (Å²) in [6, 6.07) is 20.8. The van der Waals surface area contributed by atoms with Crippen LogP contribution in [0.5, 0.6) is 0 Å². The van der Waals surface area contributed by atoms with Gasteiger partial charge in [0.1, 0.15) is 5.82 Å². The minimum absolute atomic E-state index is 0.00584. The highest BCUT2D eigenvalue weighted by Gasteiger charge is 2.67. The molecule has 1 N–H and O–H groups in total. The molecule has 144 valence electrons. The highest BCUT2D eigenvalue weighted by molar-refractivity contribution is 6.11. The molecular weight excluding hydrogens is 369 g/mol. The summed E-state index contributed by atoms with van der Waals surface area (Å²) in [6.45, 7) is 0.300. The fourth-order valence-electron chi connectivity index (χ4n) is 4.62. The molecule has 0 saturated heterocycles. The Hall–Kier alpha value is -3.47. The van der Waals surface area contributed by atoms with Crippen molar-refractivity contribution < 1.29 is 19.1 Å². The van der Waals surface area contributed by atoms with E-state index in [-0.39, 0.29) is 23.2 Å². The van der Waals surface area contributed by atoms with Crippen LogP contribution in [0.1, 0.15) is 39.4 Å². The van der Waals surface area contributed by atoms with E-state index in [1.54, 1.807) is 23.1 Å². The highest BCUT2D eigenvalue weighted by Crippen LogP contribution is 2.66. The number of halogens is 1. The van der Waals surface area contributed by atoms with Gasteiger partial charge in [0.05, 0.1) is 17.5 Å². The summed E-state index contributed by atoms with van der Waals surface area (Å²) >= 11 is 0. The Morgan fingerprint density at radius 3 is 2.66 bits per heavy atom. The summed E-state index contributed by atoms with van der Waals surface area (Å²) in [7, 11) is 0. The Morgan fingerprint density at radius 1 is 1.07 bits per heavy atom. The quantitative estimate of drug-likeness (QED) is 0.717. The predicted molar refractivity (Wildman–Crippen MR) is 106 cm³/mol. The molecule has 5 rings (SSSR count). The molecule has 1 fully saturated rings. The number of hydrogen-bond donors (Lipinski definition) is 1. The molecule has 1 aliphatic heterocycles. The third kappa shape index (κ3) is 2.65. The van der Waals surface area contributed by atoms with E-state index in [9.17, 15) is 19.1 Å². The van der Waals surface area contributed by atoms with Gasteiger partial charge in [0, 0.05) is 11.6 Å². The van der Waals surface area contributed by atoms with Gasteiger partial charge in [0.2, 0.25) is 5.91 Å². The number of benzene rings is 3. The molecule has 0 aromatic heterocycles. The molecule has 0 bridgehead atoms. The van der Waals surface area contributed by atoms with Gasteiger partial charge in [0.25, 0.3) is 0 Å². The zero-order chi connectivity index (χ0) is 20.2. The molecule has 29 heavy (non-hydrogen) atoms. The maximum Gasteiger partial charge on any atom is 0.335 e. The number of nitrogens with zero attached hydrogens (tertiary/aromatic N) is 1. The fourth-order valence-corrected chi connectivity index (χ4v) is 4.62. The standard InChI is InChI=1S/C24H18FNO3/c25-18-8-4-6-16(12-18)20-13-24(20)19-9-1-2-10-21(19)26(23(24)29)14-15-5-3-7-17(11-15)22(27)28/h1-12,20H,13-14H2,(H,27,28)/t20-,24-/m0/s1. The second-order valence-electron chi connectivity index (χ2n) is 7.70. The van der Waals surface area contributed by atoms with Crippen molar-refractivity contribution in [3.63, 3.8) is 0 Å². The van der Waals surface area contributed by atoms with Crippen LogP contribution >= 0.6 is 0 Å². The second kappa shape index (κ2) is 6.27. The molecule has 1 spiro atoms. The lowest BCUT2D eigenvalue weighted by Crippen LogP contribution is -2.32. The predicted octanol–water partition coefficient (Wildman–Crippen LogP) is 4.50. The summed E-state index contributed by atoms with van der Waals surface area (Å²) in [4.78, 5) is 26.6. The van der Waals surface area contributed by atoms with Crippen molar-refractivity contribution in [1.82, 2.24) is 0 Å². The first-order valence-corrected chi connectivity index (χ1v) is 9.50. The topological polar surface area (TPSA) is 57.6 Å². The van der Waals surface area contributed by atoms with Crippen LogP contribution < -0.4 is 4.90 Å². The van der Waals surface area contributed by atoms with Gasteiger partial charge in [-0.3, -0.25) is 4.79 Å². The molecule has 5 heteroatoms.